The lowest BCUT2D eigenvalue weighted by Gasteiger charge is -2.07. The molecule has 1 aromatic carbocycles. The maximum absolute atomic E-state index is 10.4. The number of carbonyl (C=O) groups is 1. The highest BCUT2D eigenvalue weighted by Crippen LogP contribution is 2.16. The summed E-state index contributed by atoms with van der Waals surface area (Å²) in [4.78, 5) is 10.4. The van der Waals surface area contributed by atoms with Gasteiger partial charge < -0.3 is 15.6 Å². The molecule has 14 heavy (non-hydrogen) atoms. The van der Waals surface area contributed by atoms with Crippen molar-refractivity contribution >= 4 is 11.7 Å². The molecule has 0 aliphatic heterocycles. The van der Waals surface area contributed by atoms with E-state index in [0.717, 1.165) is 0 Å². The van der Waals surface area contributed by atoms with E-state index >= 15 is 0 Å². The lowest BCUT2D eigenvalue weighted by Crippen LogP contribution is -2.10. The first-order chi connectivity index (χ1) is 6.67. The number of hydrogen-bond acceptors (Lipinski definition) is 4. The third-order valence-corrected chi connectivity index (χ3v) is 1.85. The smallest absolute Gasteiger partial charge is 0.307 e. The molecule has 1 aromatic rings. The van der Waals surface area contributed by atoms with E-state index in [1.54, 1.807) is 18.2 Å². The second-order valence-corrected chi connectivity index (χ2v) is 2.86. The van der Waals surface area contributed by atoms with Crippen LogP contribution in [0.1, 0.15) is 11.1 Å². The van der Waals surface area contributed by atoms with Crippen LogP contribution in [0.4, 0.5) is 5.69 Å². The molecule has 5 nitrogen and oxygen atoms in total. The number of aliphatic carboxylic acids is 1. The van der Waals surface area contributed by atoms with Gasteiger partial charge in [-0.2, -0.15) is 0 Å². The number of aliphatic hydroxyl groups excluding tert-OH is 1. The van der Waals surface area contributed by atoms with Gasteiger partial charge in [-0.15, -0.1) is 0 Å². The third-order valence-electron chi connectivity index (χ3n) is 1.85. The number of nitrogen functional groups attached to an aromatic ring is 1. The minimum atomic E-state index is -0.901. The van der Waals surface area contributed by atoms with Crippen molar-refractivity contribution in [2.24, 2.45) is 5.84 Å². The van der Waals surface area contributed by atoms with Gasteiger partial charge in [0.15, 0.2) is 0 Å². The number of nitrogens with one attached hydrogen (secondary N) is 1. The van der Waals surface area contributed by atoms with Crippen molar-refractivity contribution in [1.29, 1.82) is 0 Å². The van der Waals surface area contributed by atoms with Crippen LogP contribution in [-0.4, -0.2) is 16.2 Å². The van der Waals surface area contributed by atoms with Crippen molar-refractivity contribution in [1.82, 2.24) is 0 Å². The molecule has 0 heterocycles. The summed E-state index contributed by atoms with van der Waals surface area (Å²) in [5, 5.41) is 17.5. The Labute approximate surface area is 81.1 Å². The van der Waals surface area contributed by atoms with Gasteiger partial charge >= 0.3 is 5.97 Å². The highest BCUT2D eigenvalue weighted by atomic mass is 16.4. The Bertz CT molecular complexity index is 339. The Morgan fingerprint density at radius 1 is 1.50 bits per heavy atom. The maximum atomic E-state index is 10.4. The fourth-order valence-electron chi connectivity index (χ4n) is 1.20. The number of nitrogens with two attached hydrogens (primary N) is 1. The number of hydrogen-bond donors (Lipinski definition) is 4. The first-order valence-electron chi connectivity index (χ1n) is 4.08. The lowest BCUT2D eigenvalue weighted by molar-refractivity contribution is -0.136. The van der Waals surface area contributed by atoms with E-state index in [2.05, 4.69) is 5.43 Å². The van der Waals surface area contributed by atoms with Crippen molar-refractivity contribution < 1.29 is 15.0 Å². The second kappa shape index (κ2) is 4.59. The summed E-state index contributed by atoms with van der Waals surface area (Å²) in [5.41, 5.74) is 4.25. The van der Waals surface area contributed by atoms with Crippen LogP contribution in [0, 0.1) is 0 Å². The average Bonchev–Trinajstić information content (AvgIpc) is 2.16. The van der Waals surface area contributed by atoms with Crippen molar-refractivity contribution in [2.45, 2.75) is 13.0 Å². The van der Waals surface area contributed by atoms with Gasteiger partial charge in [0, 0.05) is 5.56 Å². The molecule has 0 atom stereocenters. The number of hydrazine groups is 1. The summed E-state index contributed by atoms with van der Waals surface area (Å²) in [6, 6.07) is 4.91. The lowest BCUT2D eigenvalue weighted by atomic mass is 10.1. The number of rotatable bonds is 4. The van der Waals surface area contributed by atoms with Crippen LogP contribution < -0.4 is 11.3 Å². The third kappa shape index (κ3) is 2.45. The van der Waals surface area contributed by atoms with Gasteiger partial charge in [0.25, 0.3) is 0 Å². The van der Waals surface area contributed by atoms with Crippen LogP contribution in [0.3, 0.4) is 0 Å². The zero-order valence-corrected chi connectivity index (χ0v) is 7.53. The van der Waals surface area contributed by atoms with Gasteiger partial charge in [-0.3, -0.25) is 10.6 Å². The van der Waals surface area contributed by atoms with Crippen molar-refractivity contribution in [3.05, 3.63) is 29.3 Å². The molecule has 0 spiro atoms. The summed E-state index contributed by atoms with van der Waals surface area (Å²) in [5.74, 6) is 4.30. The molecular formula is C9H12N2O3. The van der Waals surface area contributed by atoms with Crippen LogP contribution in [0.15, 0.2) is 18.2 Å². The Balaban J connectivity index is 2.95. The van der Waals surface area contributed by atoms with E-state index in [0.29, 0.717) is 16.8 Å². The molecule has 0 aliphatic rings. The normalized spacial score (nSPS) is 9.86. The van der Waals surface area contributed by atoms with Crippen LogP contribution in [0.2, 0.25) is 0 Å². The monoisotopic (exact) mass is 196 g/mol. The molecular weight excluding hydrogens is 184 g/mol. The number of benzene rings is 1. The molecule has 5 N–H and O–H groups in total. The molecule has 0 unspecified atom stereocenters. The van der Waals surface area contributed by atoms with E-state index in [1.807, 2.05) is 0 Å². The maximum Gasteiger partial charge on any atom is 0.307 e. The van der Waals surface area contributed by atoms with Gasteiger partial charge in [0.1, 0.15) is 0 Å². The second-order valence-electron chi connectivity index (χ2n) is 2.86. The number of aliphatic hydroxyl groups is 1. The van der Waals surface area contributed by atoms with E-state index < -0.39 is 5.97 Å². The van der Waals surface area contributed by atoms with Crippen LogP contribution >= 0.6 is 0 Å². The van der Waals surface area contributed by atoms with Crippen LogP contribution in [0.5, 0.6) is 0 Å². The number of carboxylic acid groups (broad SMARTS) is 1. The van der Waals surface area contributed by atoms with Gasteiger partial charge in [-0.25, -0.2) is 0 Å². The SMILES string of the molecule is NNc1ccc(CC(=O)O)cc1CO. The minimum absolute atomic E-state index is 0.0577. The van der Waals surface area contributed by atoms with Gasteiger partial charge in [0.05, 0.1) is 18.7 Å². The largest absolute Gasteiger partial charge is 0.481 e. The molecule has 1 rings (SSSR count). The van der Waals surface area contributed by atoms with Crippen molar-refractivity contribution in [3.63, 3.8) is 0 Å². The summed E-state index contributed by atoms with van der Waals surface area (Å²) >= 11 is 0. The Hall–Kier alpha value is -1.59. The molecule has 0 aliphatic carbocycles. The fourth-order valence-corrected chi connectivity index (χ4v) is 1.20. The fraction of sp³-hybridized carbons (Fsp3) is 0.222. The summed E-state index contributed by atoms with van der Waals surface area (Å²) in [7, 11) is 0. The molecule has 5 heteroatoms. The summed E-state index contributed by atoms with van der Waals surface area (Å²) in [6.07, 6.45) is -0.0577. The standard InChI is InChI=1S/C9H12N2O3/c10-11-8-2-1-6(4-9(13)14)3-7(8)5-12/h1-3,11-12H,4-5,10H2,(H,13,14). The van der Waals surface area contributed by atoms with Crippen LogP contribution in [-0.2, 0) is 17.8 Å². The molecule has 0 saturated carbocycles. The Morgan fingerprint density at radius 2 is 2.21 bits per heavy atom. The molecule has 0 bridgehead atoms. The quantitative estimate of drug-likeness (QED) is 0.404. The van der Waals surface area contributed by atoms with E-state index in [9.17, 15) is 4.79 Å². The summed E-state index contributed by atoms with van der Waals surface area (Å²) < 4.78 is 0. The van der Waals surface area contributed by atoms with E-state index in [1.165, 1.54) is 0 Å². The first-order valence-corrected chi connectivity index (χ1v) is 4.08. The average molecular weight is 196 g/mol. The Morgan fingerprint density at radius 3 is 2.71 bits per heavy atom. The topological polar surface area (TPSA) is 95.6 Å². The molecule has 0 aromatic heterocycles. The van der Waals surface area contributed by atoms with Gasteiger partial charge in [-0.1, -0.05) is 12.1 Å². The minimum Gasteiger partial charge on any atom is -0.481 e. The molecule has 76 valence electrons. The summed E-state index contributed by atoms with van der Waals surface area (Å²) in [6.45, 7) is -0.174. The van der Waals surface area contributed by atoms with Gasteiger partial charge in [0.2, 0.25) is 0 Å². The number of anilines is 1. The highest BCUT2D eigenvalue weighted by molar-refractivity contribution is 5.70. The molecule has 0 radical (unpaired) electrons. The first kappa shape index (κ1) is 10.5. The van der Waals surface area contributed by atoms with Gasteiger partial charge in [-0.05, 0) is 11.6 Å². The predicted molar refractivity (Wildman–Crippen MR) is 51.5 cm³/mol. The molecule has 0 fully saturated rings. The van der Waals surface area contributed by atoms with E-state index in [4.69, 9.17) is 16.1 Å². The van der Waals surface area contributed by atoms with Crippen molar-refractivity contribution in [3.8, 4) is 0 Å². The van der Waals surface area contributed by atoms with Crippen LogP contribution in [0.25, 0.3) is 0 Å². The molecule has 0 saturated heterocycles. The number of carboxylic acids is 1. The highest BCUT2D eigenvalue weighted by Gasteiger charge is 2.04. The Kier molecular flexibility index (Phi) is 3.44. The zero-order chi connectivity index (χ0) is 10.6. The molecule has 0 amide bonds. The zero-order valence-electron chi connectivity index (χ0n) is 7.53. The van der Waals surface area contributed by atoms with E-state index in [-0.39, 0.29) is 13.0 Å². The predicted octanol–water partition coefficient (Wildman–Crippen LogP) is 0.0916. The van der Waals surface area contributed by atoms with Crippen molar-refractivity contribution in [2.75, 3.05) is 5.43 Å².